The molecule has 2 aromatic carbocycles. The summed E-state index contributed by atoms with van der Waals surface area (Å²) >= 11 is 0. The van der Waals surface area contributed by atoms with E-state index >= 15 is 0 Å². The highest BCUT2D eigenvalue weighted by atomic mass is 16.5. The van der Waals surface area contributed by atoms with E-state index in [1.165, 1.54) is 7.11 Å². The SMILES string of the molecule is COc1cc(CO)ccc1OCC(=O)Nc1ccccc1C. The number of anilines is 1. The van der Waals surface area contributed by atoms with E-state index in [1.54, 1.807) is 18.2 Å². The van der Waals surface area contributed by atoms with Gasteiger partial charge in [-0.3, -0.25) is 4.79 Å². The normalized spacial score (nSPS) is 10.1. The van der Waals surface area contributed by atoms with Crippen LogP contribution in [-0.2, 0) is 11.4 Å². The van der Waals surface area contributed by atoms with E-state index in [-0.39, 0.29) is 19.1 Å². The fourth-order valence-corrected chi connectivity index (χ4v) is 1.97. The van der Waals surface area contributed by atoms with Crippen molar-refractivity contribution in [2.75, 3.05) is 19.0 Å². The van der Waals surface area contributed by atoms with E-state index in [0.29, 0.717) is 17.1 Å². The highest BCUT2D eigenvalue weighted by Gasteiger charge is 2.09. The quantitative estimate of drug-likeness (QED) is 0.860. The third-order valence-electron chi connectivity index (χ3n) is 3.19. The number of hydrogen-bond acceptors (Lipinski definition) is 4. The molecule has 0 aliphatic heterocycles. The first-order valence-corrected chi connectivity index (χ1v) is 6.90. The number of para-hydroxylation sites is 1. The van der Waals surface area contributed by atoms with Gasteiger partial charge in [0.05, 0.1) is 13.7 Å². The number of aliphatic hydroxyl groups is 1. The maximum atomic E-state index is 11.9. The van der Waals surface area contributed by atoms with Crippen LogP contribution in [0.3, 0.4) is 0 Å². The highest BCUT2D eigenvalue weighted by molar-refractivity contribution is 5.92. The van der Waals surface area contributed by atoms with Crippen LogP contribution in [0, 0.1) is 6.92 Å². The molecule has 0 bridgehead atoms. The second-order valence-electron chi connectivity index (χ2n) is 4.80. The summed E-state index contributed by atoms with van der Waals surface area (Å²) in [6.07, 6.45) is 0. The maximum absolute atomic E-state index is 11.9. The van der Waals surface area contributed by atoms with Gasteiger partial charge in [-0.05, 0) is 36.2 Å². The Kier molecular flexibility index (Phi) is 5.38. The molecule has 0 fully saturated rings. The van der Waals surface area contributed by atoms with Gasteiger partial charge in [-0.2, -0.15) is 0 Å². The Morgan fingerprint density at radius 3 is 2.64 bits per heavy atom. The van der Waals surface area contributed by atoms with Crippen molar-refractivity contribution in [3.63, 3.8) is 0 Å². The third-order valence-corrected chi connectivity index (χ3v) is 3.19. The molecule has 2 N–H and O–H groups in total. The first kappa shape index (κ1) is 15.9. The van der Waals surface area contributed by atoms with Gasteiger partial charge in [0.25, 0.3) is 5.91 Å². The van der Waals surface area contributed by atoms with Crippen molar-refractivity contribution in [2.45, 2.75) is 13.5 Å². The van der Waals surface area contributed by atoms with Crippen LogP contribution in [0.25, 0.3) is 0 Å². The molecule has 0 unspecified atom stereocenters. The topological polar surface area (TPSA) is 67.8 Å². The summed E-state index contributed by atoms with van der Waals surface area (Å²) in [5, 5.41) is 11.9. The molecule has 1 amide bonds. The summed E-state index contributed by atoms with van der Waals surface area (Å²) in [5.74, 6) is 0.692. The summed E-state index contributed by atoms with van der Waals surface area (Å²) in [5.41, 5.74) is 2.47. The first-order chi connectivity index (χ1) is 10.6. The fourth-order valence-electron chi connectivity index (χ4n) is 1.97. The van der Waals surface area contributed by atoms with Gasteiger partial charge in [0, 0.05) is 5.69 Å². The minimum absolute atomic E-state index is 0.0790. The Balaban J connectivity index is 1.98. The van der Waals surface area contributed by atoms with Crippen LogP contribution in [0.1, 0.15) is 11.1 Å². The van der Waals surface area contributed by atoms with Crippen LogP contribution in [-0.4, -0.2) is 24.7 Å². The molecule has 0 atom stereocenters. The lowest BCUT2D eigenvalue weighted by molar-refractivity contribution is -0.118. The smallest absolute Gasteiger partial charge is 0.262 e. The minimum atomic E-state index is -0.248. The number of rotatable bonds is 6. The van der Waals surface area contributed by atoms with Crippen molar-refractivity contribution in [3.05, 3.63) is 53.6 Å². The standard InChI is InChI=1S/C17H19NO4/c1-12-5-3-4-6-14(12)18-17(20)11-22-15-8-7-13(10-19)9-16(15)21-2/h3-9,19H,10-11H2,1-2H3,(H,18,20). The number of aryl methyl sites for hydroxylation is 1. The number of nitrogens with one attached hydrogen (secondary N) is 1. The van der Waals surface area contributed by atoms with Gasteiger partial charge in [0.15, 0.2) is 18.1 Å². The Morgan fingerprint density at radius 1 is 1.18 bits per heavy atom. The predicted molar refractivity (Wildman–Crippen MR) is 84.2 cm³/mol. The minimum Gasteiger partial charge on any atom is -0.493 e. The number of amides is 1. The lowest BCUT2D eigenvalue weighted by Crippen LogP contribution is -2.20. The lowest BCUT2D eigenvalue weighted by Gasteiger charge is -2.12. The van der Waals surface area contributed by atoms with Crippen LogP contribution in [0.2, 0.25) is 0 Å². The lowest BCUT2D eigenvalue weighted by atomic mass is 10.2. The number of ether oxygens (including phenoxy) is 2. The number of hydrogen-bond donors (Lipinski definition) is 2. The Bertz CT molecular complexity index is 655. The zero-order chi connectivity index (χ0) is 15.9. The van der Waals surface area contributed by atoms with Gasteiger partial charge in [-0.1, -0.05) is 24.3 Å². The van der Waals surface area contributed by atoms with Gasteiger partial charge < -0.3 is 19.9 Å². The predicted octanol–water partition coefficient (Wildman–Crippen LogP) is 2.51. The summed E-state index contributed by atoms with van der Waals surface area (Å²) in [7, 11) is 1.51. The number of methoxy groups -OCH3 is 1. The highest BCUT2D eigenvalue weighted by Crippen LogP contribution is 2.28. The first-order valence-electron chi connectivity index (χ1n) is 6.90. The van der Waals surface area contributed by atoms with E-state index in [9.17, 15) is 4.79 Å². The molecule has 2 rings (SSSR count). The second kappa shape index (κ2) is 7.47. The molecule has 0 spiro atoms. The number of benzene rings is 2. The molecule has 22 heavy (non-hydrogen) atoms. The molecule has 5 heteroatoms. The van der Waals surface area contributed by atoms with Crippen molar-refractivity contribution >= 4 is 11.6 Å². The van der Waals surface area contributed by atoms with Crippen LogP contribution in [0.5, 0.6) is 11.5 Å². The van der Waals surface area contributed by atoms with Crippen molar-refractivity contribution in [1.82, 2.24) is 0 Å². The monoisotopic (exact) mass is 301 g/mol. The molecule has 5 nitrogen and oxygen atoms in total. The Labute approximate surface area is 129 Å². The molecule has 0 aliphatic carbocycles. The average Bonchev–Trinajstić information content (AvgIpc) is 2.55. The van der Waals surface area contributed by atoms with Crippen LogP contribution < -0.4 is 14.8 Å². The van der Waals surface area contributed by atoms with E-state index in [1.807, 2.05) is 31.2 Å². The molecule has 2 aromatic rings. The fraction of sp³-hybridized carbons (Fsp3) is 0.235. The van der Waals surface area contributed by atoms with E-state index in [2.05, 4.69) is 5.32 Å². The number of aliphatic hydroxyl groups excluding tert-OH is 1. The summed E-state index contributed by atoms with van der Waals surface area (Å²) in [6.45, 7) is 1.72. The largest absolute Gasteiger partial charge is 0.493 e. The molecule has 0 aliphatic rings. The van der Waals surface area contributed by atoms with Crippen molar-refractivity contribution in [1.29, 1.82) is 0 Å². The summed E-state index contributed by atoms with van der Waals surface area (Å²) < 4.78 is 10.7. The zero-order valence-electron chi connectivity index (χ0n) is 12.6. The van der Waals surface area contributed by atoms with E-state index in [0.717, 1.165) is 11.3 Å². The van der Waals surface area contributed by atoms with E-state index < -0.39 is 0 Å². The van der Waals surface area contributed by atoms with Gasteiger partial charge in [-0.15, -0.1) is 0 Å². The molecule has 0 saturated heterocycles. The van der Waals surface area contributed by atoms with Crippen LogP contribution in [0.4, 0.5) is 5.69 Å². The third kappa shape index (κ3) is 3.99. The number of carbonyl (C=O) groups excluding carboxylic acids is 1. The zero-order valence-corrected chi connectivity index (χ0v) is 12.6. The van der Waals surface area contributed by atoms with Crippen molar-refractivity contribution in [3.8, 4) is 11.5 Å². The Hall–Kier alpha value is -2.53. The second-order valence-corrected chi connectivity index (χ2v) is 4.80. The van der Waals surface area contributed by atoms with Crippen LogP contribution in [0.15, 0.2) is 42.5 Å². The summed E-state index contributed by atoms with van der Waals surface area (Å²) in [4.78, 5) is 11.9. The van der Waals surface area contributed by atoms with Gasteiger partial charge >= 0.3 is 0 Å². The molecular formula is C17H19NO4. The van der Waals surface area contributed by atoms with Crippen LogP contribution >= 0.6 is 0 Å². The molecule has 0 saturated carbocycles. The maximum Gasteiger partial charge on any atom is 0.262 e. The van der Waals surface area contributed by atoms with Gasteiger partial charge in [0.1, 0.15) is 0 Å². The average molecular weight is 301 g/mol. The Morgan fingerprint density at radius 2 is 1.95 bits per heavy atom. The molecule has 0 radical (unpaired) electrons. The molecule has 116 valence electrons. The van der Waals surface area contributed by atoms with Crippen molar-refractivity contribution in [2.24, 2.45) is 0 Å². The van der Waals surface area contributed by atoms with Crippen molar-refractivity contribution < 1.29 is 19.4 Å². The van der Waals surface area contributed by atoms with Gasteiger partial charge in [0.2, 0.25) is 0 Å². The van der Waals surface area contributed by atoms with Gasteiger partial charge in [-0.25, -0.2) is 0 Å². The summed E-state index contributed by atoms with van der Waals surface area (Å²) in [6, 6.07) is 12.6. The van der Waals surface area contributed by atoms with E-state index in [4.69, 9.17) is 14.6 Å². The molecule has 0 heterocycles. The molecular weight excluding hydrogens is 282 g/mol. The number of carbonyl (C=O) groups is 1. The molecule has 0 aromatic heterocycles.